The van der Waals surface area contributed by atoms with Gasteiger partial charge in [0.05, 0.1) is 5.02 Å². The van der Waals surface area contributed by atoms with Gasteiger partial charge in [-0.15, -0.1) is 0 Å². The Balaban J connectivity index is 2.13. The van der Waals surface area contributed by atoms with Gasteiger partial charge in [0.15, 0.2) is 11.6 Å². The molecule has 0 spiro atoms. The molecule has 1 N–H and O–H groups in total. The van der Waals surface area contributed by atoms with Crippen molar-refractivity contribution in [1.29, 1.82) is 0 Å². The van der Waals surface area contributed by atoms with Gasteiger partial charge in [-0.05, 0) is 29.8 Å². The number of nitrogens with one attached hydrogen (secondary N) is 1. The molecule has 0 unspecified atom stereocenters. The molecule has 0 aliphatic carbocycles. The Morgan fingerprint density at radius 3 is 2.43 bits per heavy atom. The normalized spacial score (nSPS) is 11.0. The van der Waals surface area contributed by atoms with Crippen molar-refractivity contribution in [3.63, 3.8) is 0 Å². The monoisotopic (exact) mass is 311 g/mol. The first kappa shape index (κ1) is 15.7. The van der Waals surface area contributed by atoms with Gasteiger partial charge in [-0.2, -0.15) is 0 Å². The van der Waals surface area contributed by atoms with Crippen LogP contribution in [0.4, 0.5) is 8.78 Å². The molecule has 0 heterocycles. The molecule has 5 heteroatoms. The molecule has 0 atom stereocenters. The second kappa shape index (κ2) is 6.87. The predicted octanol–water partition coefficient (Wildman–Crippen LogP) is 4.91. The van der Waals surface area contributed by atoms with Crippen molar-refractivity contribution in [2.75, 3.05) is 0 Å². The van der Waals surface area contributed by atoms with E-state index < -0.39 is 11.6 Å². The van der Waals surface area contributed by atoms with E-state index in [9.17, 15) is 8.78 Å². The third-order valence-electron chi connectivity index (χ3n) is 2.82. The average molecular weight is 312 g/mol. The number of ether oxygens (including phenoxy) is 1. The van der Waals surface area contributed by atoms with Crippen LogP contribution in [0.25, 0.3) is 0 Å². The average Bonchev–Trinajstić information content (AvgIpc) is 2.42. The van der Waals surface area contributed by atoms with E-state index >= 15 is 0 Å². The molecular formula is C16H16ClF2NO. The maximum Gasteiger partial charge on any atom is 0.168 e. The number of hydrogen-bond donors (Lipinski definition) is 1. The van der Waals surface area contributed by atoms with Gasteiger partial charge in [0.25, 0.3) is 0 Å². The summed E-state index contributed by atoms with van der Waals surface area (Å²) in [5, 5.41) is 3.65. The minimum atomic E-state index is -0.767. The van der Waals surface area contributed by atoms with Crippen LogP contribution in [0.15, 0.2) is 36.4 Å². The van der Waals surface area contributed by atoms with Crippen LogP contribution in [-0.2, 0) is 6.54 Å². The first-order valence-corrected chi connectivity index (χ1v) is 6.98. The van der Waals surface area contributed by atoms with Crippen LogP contribution < -0.4 is 10.1 Å². The van der Waals surface area contributed by atoms with Gasteiger partial charge < -0.3 is 10.1 Å². The van der Waals surface area contributed by atoms with Crippen molar-refractivity contribution in [1.82, 2.24) is 5.32 Å². The van der Waals surface area contributed by atoms with Crippen LogP contribution in [0.1, 0.15) is 19.4 Å². The number of rotatable bonds is 5. The lowest BCUT2D eigenvalue weighted by Crippen LogP contribution is -2.21. The summed E-state index contributed by atoms with van der Waals surface area (Å²) >= 11 is 6.13. The molecule has 2 aromatic carbocycles. The summed E-state index contributed by atoms with van der Waals surface area (Å²) in [4.78, 5) is 0. The van der Waals surface area contributed by atoms with Gasteiger partial charge in [-0.1, -0.05) is 31.5 Å². The highest BCUT2D eigenvalue weighted by Gasteiger charge is 2.09. The molecule has 21 heavy (non-hydrogen) atoms. The van der Waals surface area contributed by atoms with E-state index in [1.807, 2.05) is 6.07 Å². The molecule has 0 saturated carbocycles. The van der Waals surface area contributed by atoms with E-state index in [2.05, 4.69) is 19.2 Å². The molecule has 0 aliphatic heterocycles. The highest BCUT2D eigenvalue weighted by atomic mass is 35.5. The molecule has 0 radical (unpaired) electrons. The van der Waals surface area contributed by atoms with Gasteiger partial charge in [0, 0.05) is 18.7 Å². The zero-order valence-electron chi connectivity index (χ0n) is 11.8. The Morgan fingerprint density at radius 2 is 1.81 bits per heavy atom. The highest BCUT2D eigenvalue weighted by Crippen LogP contribution is 2.31. The van der Waals surface area contributed by atoms with Gasteiger partial charge in [0.1, 0.15) is 11.6 Å². The number of hydrogen-bond acceptors (Lipinski definition) is 2. The zero-order chi connectivity index (χ0) is 15.4. The summed E-state index contributed by atoms with van der Waals surface area (Å²) in [5.74, 6) is -1.15. The lowest BCUT2D eigenvalue weighted by molar-refractivity contribution is 0.437. The third kappa shape index (κ3) is 4.41. The van der Waals surface area contributed by atoms with Crippen LogP contribution in [0.3, 0.4) is 0 Å². The van der Waals surface area contributed by atoms with E-state index in [0.29, 0.717) is 23.4 Å². The van der Waals surface area contributed by atoms with Crippen molar-refractivity contribution in [2.24, 2.45) is 0 Å². The fourth-order valence-electron chi connectivity index (χ4n) is 1.74. The summed E-state index contributed by atoms with van der Waals surface area (Å²) in [6, 6.07) is 8.77. The first-order chi connectivity index (χ1) is 9.95. The number of benzene rings is 2. The third-order valence-corrected chi connectivity index (χ3v) is 3.12. The highest BCUT2D eigenvalue weighted by molar-refractivity contribution is 6.32. The van der Waals surface area contributed by atoms with Crippen molar-refractivity contribution in [2.45, 2.75) is 26.4 Å². The van der Waals surface area contributed by atoms with E-state index in [1.165, 1.54) is 6.07 Å². The first-order valence-electron chi connectivity index (χ1n) is 6.60. The fourth-order valence-corrected chi connectivity index (χ4v) is 1.98. The molecule has 0 aliphatic rings. The maximum absolute atomic E-state index is 13.5. The molecular weight excluding hydrogens is 296 g/mol. The Bertz CT molecular complexity index is 632. The van der Waals surface area contributed by atoms with Crippen LogP contribution in [0.5, 0.6) is 11.5 Å². The smallest absolute Gasteiger partial charge is 0.168 e. The van der Waals surface area contributed by atoms with Gasteiger partial charge >= 0.3 is 0 Å². The zero-order valence-corrected chi connectivity index (χ0v) is 12.5. The SMILES string of the molecule is CC(C)NCc1ccc(Oc2ccc(F)cc2F)c(Cl)c1. The Morgan fingerprint density at radius 1 is 1.10 bits per heavy atom. The predicted molar refractivity (Wildman–Crippen MR) is 79.9 cm³/mol. The quantitative estimate of drug-likeness (QED) is 0.847. The van der Waals surface area contributed by atoms with Crippen molar-refractivity contribution in [3.05, 3.63) is 58.6 Å². The molecule has 2 rings (SSSR count). The lowest BCUT2D eigenvalue weighted by atomic mass is 10.2. The minimum absolute atomic E-state index is 0.0636. The molecule has 2 aromatic rings. The molecule has 112 valence electrons. The minimum Gasteiger partial charge on any atom is -0.453 e. The van der Waals surface area contributed by atoms with Crippen molar-refractivity contribution >= 4 is 11.6 Å². The Hall–Kier alpha value is -1.65. The second-order valence-electron chi connectivity index (χ2n) is 4.98. The maximum atomic E-state index is 13.5. The number of halogens is 3. The molecule has 0 saturated heterocycles. The van der Waals surface area contributed by atoms with Crippen LogP contribution in [0, 0.1) is 11.6 Å². The van der Waals surface area contributed by atoms with Gasteiger partial charge in [-0.25, -0.2) is 8.78 Å². The largest absolute Gasteiger partial charge is 0.453 e. The van der Waals surface area contributed by atoms with E-state index in [0.717, 1.165) is 17.7 Å². The standard InChI is InChI=1S/C16H16ClF2NO/c1-10(2)20-9-11-3-5-15(13(17)7-11)21-16-6-4-12(18)8-14(16)19/h3-8,10,20H,9H2,1-2H3. The van der Waals surface area contributed by atoms with Crippen LogP contribution >= 0.6 is 11.6 Å². The summed E-state index contributed by atoms with van der Waals surface area (Å²) in [5.41, 5.74) is 1.00. The Labute approximate surface area is 127 Å². The molecule has 2 nitrogen and oxygen atoms in total. The van der Waals surface area contributed by atoms with Crippen molar-refractivity contribution in [3.8, 4) is 11.5 Å². The van der Waals surface area contributed by atoms with Crippen molar-refractivity contribution < 1.29 is 13.5 Å². The van der Waals surface area contributed by atoms with Crippen LogP contribution in [0.2, 0.25) is 5.02 Å². The van der Waals surface area contributed by atoms with E-state index in [1.54, 1.807) is 12.1 Å². The van der Waals surface area contributed by atoms with E-state index in [4.69, 9.17) is 16.3 Å². The molecule has 0 fully saturated rings. The van der Waals surface area contributed by atoms with E-state index in [-0.39, 0.29) is 5.75 Å². The Kier molecular flexibility index (Phi) is 5.15. The fraction of sp³-hybridized carbons (Fsp3) is 0.250. The summed E-state index contributed by atoms with van der Waals surface area (Å²) in [6.45, 7) is 4.79. The lowest BCUT2D eigenvalue weighted by Gasteiger charge is -2.11. The molecule has 0 amide bonds. The summed E-state index contributed by atoms with van der Waals surface area (Å²) < 4.78 is 31.8. The van der Waals surface area contributed by atoms with Gasteiger partial charge in [-0.3, -0.25) is 0 Å². The summed E-state index contributed by atoms with van der Waals surface area (Å²) in [7, 11) is 0. The van der Waals surface area contributed by atoms with Gasteiger partial charge in [0.2, 0.25) is 0 Å². The molecule has 0 aromatic heterocycles. The van der Waals surface area contributed by atoms with Crippen LogP contribution in [-0.4, -0.2) is 6.04 Å². The summed E-state index contributed by atoms with van der Waals surface area (Å²) in [6.07, 6.45) is 0. The molecule has 0 bridgehead atoms. The topological polar surface area (TPSA) is 21.3 Å². The second-order valence-corrected chi connectivity index (χ2v) is 5.38.